The summed E-state index contributed by atoms with van der Waals surface area (Å²) in [7, 11) is -3.45. The molecule has 2 unspecified atom stereocenters. The molecule has 0 aromatic carbocycles. The van der Waals surface area contributed by atoms with Crippen LogP contribution < -0.4 is 10.5 Å². The van der Waals surface area contributed by atoms with Crippen LogP contribution in [0.2, 0.25) is 0 Å². The fourth-order valence-corrected chi connectivity index (χ4v) is 3.32. The fourth-order valence-electron chi connectivity index (χ4n) is 1.76. The van der Waals surface area contributed by atoms with Crippen molar-refractivity contribution >= 4 is 27.2 Å². The minimum atomic E-state index is -3.45. The second-order valence-corrected chi connectivity index (χ2v) is 7.28. The predicted molar refractivity (Wildman–Crippen MR) is 84.8 cm³/mol. The molecule has 5 nitrogen and oxygen atoms in total. The summed E-state index contributed by atoms with van der Waals surface area (Å²) in [5.74, 6) is 0. The number of hydrogen-bond donors (Lipinski definition) is 2. The Hall–Kier alpha value is -0.240. The summed E-state index contributed by atoms with van der Waals surface area (Å²) in [5.41, 5.74) is 5.38. The summed E-state index contributed by atoms with van der Waals surface area (Å²) in [5, 5.41) is -0.826. The average molecular weight is 310 g/mol. The maximum Gasteiger partial charge on any atom is 0.220 e. The molecule has 0 aliphatic carbocycles. The third-order valence-electron chi connectivity index (χ3n) is 3.24. The number of sulfonamides is 1. The fraction of sp³-hybridized carbons (Fsp3) is 0.917. The Morgan fingerprint density at radius 1 is 1.32 bits per heavy atom. The molecule has 7 heteroatoms. The van der Waals surface area contributed by atoms with Gasteiger partial charge in [-0.15, -0.1) is 0 Å². The molecule has 0 amide bonds. The van der Waals surface area contributed by atoms with E-state index in [4.69, 9.17) is 18.0 Å². The first-order chi connectivity index (χ1) is 8.74. The first-order valence-corrected chi connectivity index (χ1v) is 8.72. The molecule has 0 heterocycles. The molecule has 0 spiro atoms. The van der Waals surface area contributed by atoms with E-state index in [0.29, 0.717) is 0 Å². The molecule has 114 valence electrons. The van der Waals surface area contributed by atoms with Crippen LogP contribution in [0.3, 0.4) is 0 Å². The highest BCUT2D eigenvalue weighted by Gasteiger charge is 2.24. The van der Waals surface area contributed by atoms with Crippen molar-refractivity contribution in [2.75, 3.05) is 19.6 Å². The zero-order valence-corrected chi connectivity index (χ0v) is 14.0. The maximum absolute atomic E-state index is 11.9. The van der Waals surface area contributed by atoms with Gasteiger partial charge in [-0.2, -0.15) is 0 Å². The zero-order valence-electron chi connectivity index (χ0n) is 12.3. The van der Waals surface area contributed by atoms with Crippen molar-refractivity contribution in [3.05, 3.63) is 0 Å². The molecule has 0 rings (SSSR count). The lowest BCUT2D eigenvalue weighted by molar-refractivity contribution is 0.293. The van der Waals surface area contributed by atoms with E-state index in [1.54, 1.807) is 0 Å². The van der Waals surface area contributed by atoms with Gasteiger partial charge in [-0.3, -0.25) is 0 Å². The third kappa shape index (κ3) is 7.20. The van der Waals surface area contributed by atoms with Crippen molar-refractivity contribution in [1.29, 1.82) is 0 Å². The number of nitrogens with one attached hydrogen (secondary N) is 1. The molecule has 3 N–H and O–H groups in total. The van der Waals surface area contributed by atoms with E-state index in [0.717, 1.165) is 32.5 Å². The van der Waals surface area contributed by atoms with E-state index in [2.05, 4.69) is 23.5 Å². The summed E-state index contributed by atoms with van der Waals surface area (Å²) in [6.07, 6.45) is 1.77. The van der Waals surface area contributed by atoms with Gasteiger partial charge in [0.15, 0.2) is 0 Å². The van der Waals surface area contributed by atoms with Crippen LogP contribution in [0, 0.1) is 0 Å². The molecule has 0 saturated carbocycles. The SMILES string of the molecule is CCN(CC)CCCC(C)NS(=O)(=O)C(C)C(N)=S. The summed E-state index contributed by atoms with van der Waals surface area (Å²) in [6, 6.07) is -0.0997. The van der Waals surface area contributed by atoms with Crippen LogP contribution in [-0.4, -0.2) is 49.2 Å². The number of nitrogens with zero attached hydrogens (tertiary/aromatic N) is 1. The smallest absolute Gasteiger partial charge is 0.220 e. The van der Waals surface area contributed by atoms with Gasteiger partial charge in [0.25, 0.3) is 0 Å². The van der Waals surface area contributed by atoms with Crippen LogP contribution in [-0.2, 0) is 10.0 Å². The Balaban J connectivity index is 4.17. The minimum Gasteiger partial charge on any atom is -0.392 e. The van der Waals surface area contributed by atoms with E-state index in [-0.39, 0.29) is 11.0 Å². The van der Waals surface area contributed by atoms with Crippen molar-refractivity contribution in [2.24, 2.45) is 5.73 Å². The van der Waals surface area contributed by atoms with Gasteiger partial charge in [0.1, 0.15) is 5.25 Å². The zero-order chi connectivity index (χ0) is 15.1. The maximum atomic E-state index is 11.9. The van der Waals surface area contributed by atoms with Crippen LogP contribution in [0.5, 0.6) is 0 Å². The van der Waals surface area contributed by atoms with Crippen molar-refractivity contribution < 1.29 is 8.42 Å². The Kier molecular flexibility index (Phi) is 8.73. The van der Waals surface area contributed by atoms with Gasteiger partial charge in [-0.1, -0.05) is 26.1 Å². The van der Waals surface area contributed by atoms with E-state index in [1.165, 1.54) is 6.92 Å². The van der Waals surface area contributed by atoms with E-state index >= 15 is 0 Å². The Labute approximate surface area is 123 Å². The number of hydrogen-bond acceptors (Lipinski definition) is 4. The lowest BCUT2D eigenvalue weighted by atomic mass is 10.2. The highest BCUT2D eigenvalue weighted by atomic mass is 32.2. The summed E-state index contributed by atoms with van der Waals surface area (Å²) >= 11 is 4.72. The molecule has 0 aliphatic rings. The molecule has 2 atom stereocenters. The normalized spacial score (nSPS) is 15.4. The number of rotatable bonds is 10. The van der Waals surface area contributed by atoms with Gasteiger partial charge in [-0.05, 0) is 46.3 Å². The van der Waals surface area contributed by atoms with Gasteiger partial charge < -0.3 is 10.6 Å². The van der Waals surface area contributed by atoms with Crippen LogP contribution in [0.15, 0.2) is 0 Å². The van der Waals surface area contributed by atoms with E-state index in [9.17, 15) is 8.42 Å². The highest BCUT2D eigenvalue weighted by molar-refractivity contribution is 7.93. The first-order valence-electron chi connectivity index (χ1n) is 6.77. The largest absolute Gasteiger partial charge is 0.392 e. The van der Waals surface area contributed by atoms with Gasteiger partial charge in [0.2, 0.25) is 10.0 Å². The van der Waals surface area contributed by atoms with Crippen LogP contribution in [0.25, 0.3) is 0 Å². The molecule has 19 heavy (non-hydrogen) atoms. The summed E-state index contributed by atoms with van der Waals surface area (Å²) in [6.45, 7) is 10.7. The average Bonchev–Trinajstić information content (AvgIpc) is 2.32. The van der Waals surface area contributed by atoms with Gasteiger partial charge in [0.05, 0.1) is 4.99 Å². The highest BCUT2D eigenvalue weighted by Crippen LogP contribution is 2.05. The lowest BCUT2D eigenvalue weighted by Gasteiger charge is -2.21. The monoisotopic (exact) mass is 309 g/mol. The van der Waals surface area contributed by atoms with Gasteiger partial charge >= 0.3 is 0 Å². The Bertz CT molecular complexity index is 367. The minimum absolute atomic E-state index is 0.00263. The second kappa shape index (κ2) is 8.84. The molecule has 0 aromatic rings. The van der Waals surface area contributed by atoms with Crippen molar-refractivity contribution in [3.8, 4) is 0 Å². The van der Waals surface area contributed by atoms with Crippen molar-refractivity contribution in [1.82, 2.24) is 9.62 Å². The van der Waals surface area contributed by atoms with Gasteiger partial charge in [0, 0.05) is 6.04 Å². The third-order valence-corrected chi connectivity index (χ3v) is 5.66. The van der Waals surface area contributed by atoms with Crippen LogP contribution >= 0.6 is 12.2 Å². The van der Waals surface area contributed by atoms with E-state index < -0.39 is 15.3 Å². The number of nitrogens with two attached hydrogens (primary N) is 1. The van der Waals surface area contributed by atoms with Crippen molar-refractivity contribution in [2.45, 2.75) is 51.8 Å². The topological polar surface area (TPSA) is 75.4 Å². The second-order valence-electron chi connectivity index (χ2n) is 4.78. The molecular formula is C12H27N3O2S2. The predicted octanol–water partition coefficient (Wildman–Crippen LogP) is 1.09. The van der Waals surface area contributed by atoms with E-state index in [1.807, 2.05) is 6.92 Å². The molecule has 0 radical (unpaired) electrons. The molecule has 0 fully saturated rings. The molecule has 0 bridgehead atoms. The first kappa shape index (κ1) is 18.8. The summed E-state index contributed by atoms with van der Waals surface area (Å²) in [4.78, 5) is 2.32. The van der Waals surface area contributed by atoms with Crippen LogP contribution in [0.1, 0.15) is 40.5 Å². The molecule has 0 saturated heterocycles. The molecule has 0 aromatic heterocycles. The standard InChI is InChI=1S/C12H27N3O2S2/c1-5-15(6-2)9-7-8-10(3)14-19(16,17)11(4)12(13)18/h10-11,14H,5-9H2,1-4H3,(H2,13,18). The quantitative estimate of drug-likeness (QED) is 0.591. The Morgan fingerprint density at radius 3 is 2.26 bits per heavy atom. The van der Waals surface area contributed by atoms with Crippen molar-refractivity contribution in [3.63, 3.8) is 0 Å². The van der Waals surface area contributed by atoms with Gasteiger partial charge in [-0.25, -0.2) is 13.1 Å². The summed E-state index contributed by atoms with van der Waals surface area (Å²) < 4.78 is 26.4. The lowest BCUT2D eigenvalue weighted by Crippen LogP contribution is -2.43. The van der Waals surface area contributed by atoms with Crippen LogP contribution in [0.4, 0.5) is 0 Å². The molecule has 0 aliphatic heterocycles. The molecular weight excluding hydrogens is 282 g/mol. The Morgan fingerprint density at radius 2 is 1.84 bits per heavy atom. The number of thiocarbonyl (C=S) groups is 1.